The highest BCUT2D eigenvalue weighted by Crippen LogP contribution is 2.19. The van der Waals surface area contributed by atoms with E-state index in [1.54, 1.807) is 18.2 Å². The number of hydrogen-bond acceptors (Lipinski definition) is 3. The van der Waals surface area contributed by atoms with Crippen LogP contribution in [0, 0.1) is 6.92 Å². The fraction of sp³-hybridized carbons (Fsp3) is 0.300. The molecule has 1 N–H and O–H groups in total. The number of aryl methyl sites for hydroxylation is 1. The molecule has 3 heteroatoms. The van der Waals surface area contributed by atoms with Crippen molar-refractivity contribution in [2.45, 2.75) is 20.5 Å². The zero-order valence-electron chi connectivity index (χ0n) is 7.70. The van der Waals surface area contributed by atoms with Gasteiger partial charge in [-0.05, 0) is 24.1 Å². The van der Waals surface area contributed by atoms with Gasteiger partial charge in [0.05, 0.1) is 6.61 Å². The van der Waals surface area contributed by atoms with Crippen LogP contribution in [0.5, 0.6) is 5.75 Å². The number of rotatable bonds is 2. The van der Waals surface area contributed by atoms with Crippen LogP contribution in [-0.2, 0) is 11.4 Å². The van der Waals surface area contributed by atoms with Gasteiger partial charge in [0.25, 0.3) is 0 Å². The number of benzene rings is 1. The van der Waals surface area contributed by atoms with Crippen LogP contribution >= 0.6 is 0 Å². The molecule has 3 nitrogen and oxygen atoms in total. The van der Waals surface area contributed by atoms with Crippen molar-refractivity contribution < 1.29 is 14.6 Å². The van der Waals surface area contributed by atoms with E-state index in [9.17, 15) is 4.79 Å². The van der Waals surface area contributed by atoms with E-state index >= 15 is 0 Å². The van der Waals surface area contributed by atoms with Gasteiger partial charge in [-0.3, -0.25) is 4.79 Å². The minimum atomic E-state index is -0.333. The Hall–Kier alpha value is -1.35. The molecule has 0 saturated heterocycles. The summed E-state index contributed by atoms with van der Waals surface area (Å²) in [6.07, 6.45) is 0. The molecule has 0 atom stereocenters. The third kappa shape index (κ3) is 2.56. The lowest BCUT2D eigenvalue weighted by Gasteiger charge is -2.06. The third-order valence-corrected chi connectivity index (χ3v) is 1.68. The molecule has 0 amide bonds. The van der Waals surface area contributed by atoms with Crippen LogP contribution in [0.25, 0.3) is 0 Å². The molecule has 0 spiro atoms. The standard InChI is InChI=1S/C10H12O3/c1-7-5-9(6-11)3-4-10(7)13-8(2)12/h3-5,11H,6H2,1-2H3. The first-order valence-electron chi connectivity index (χ1n) is 4.02. The van der Waals surface area contributed by atoms with Gasteiger partial charge in [-0.25, -0.2) is 0 Å². The largest absolute Gasteiger partial charge is 0.426 e. The number of ether oxygens (including phenoxy) is 1. The van der Waals surface area contributed by atoms with E-state index < -0.39 is 0 Å². The van der Waals surface area contributed by atoms with Gasteiger partial charge < -0.3 is 9.84 Å². The Bertz CT molecular complexity index is 318. The first kappa shape index (κ1) is 9.74. The van der Waals surface area contributed by atoms with Gasteiger partial charge in [0.1, 0.15) is 5.75 Å². The lowest BCUT2D eigenvalue weighted by atomic mass is 10.1. The molecule has 0 aliphatic carbocycles. The molecular formula is C10H12O3. The molecule has 1 aromatic rings. The summed E-state index contributed by atoms with van der Waals surface area (Å²) in [6.45, 7) is 3.19. The van der Waals surface area contributed by atoms with E-state index in [-0.39, 0.29) is 12.6 Å². The summed E-state index contributed by atoms with van der Waals surface area (Å²) in [5, 5.41) is 8.83. The van der Waals surface area contributed by atoms with E-state index in [2.05, 4.69) is 0 Å². The van der Waals surface area contributed by atoms with Crippen LogP contribution < -0.4 is 4.74 Å². The summed E-state index contributed by atoms with van der Waals surface area (Å²) in [7, 11) is 0. The van der Waals surface area contributed by atoms with E-state index in [0.717, 1.165) is 11.1 Å². The Labute approximate surface area is 77.0 Å². The first-order chi connectivity index (χ1) is 6.13. The summed E-state index contributed by atoms with van der Waals surface area (Å²) in [6, 6.07) is 5.20. The van der Waals surface area contributed by atoms with Crippen molar-refractivity contribution in [3.63, 3.8) is 0 Å². The van der Waals surface area contributed by atoms with Crippen molar-refractivity contribution in [3.05, 3.63) is 29.3 Å². The molecule has 0 heterocycles. The number of aliphatic hydroxyl groups excluding tert-OH is 1. The number of carbonyl (C=O) groups excluding carboxylic acids is 1. The first-order valence-corrected chi connectivity index (χ1v) is 4.02. The number of aliphatic hydroxyl groups is 1. The van der Waals surface area contributed by atoms with Crippen LogP contribution in [0.2, 0.25) is 0 Å². The molecule has 13 heavy (non-hydrogen) atoms. The van der Waals surface area contributed by atoms with Crippen LogP contribution in [0.4, 0.5) is 0 Å². The minimum absolute atomic E-state index is 0.00118. The minimum Gasteiger partial charge on any atom is -0.426 e. The fourth-order valence-electron chi connectivity index (χ4n) is 1.08. The third-order valence-electron chi connectivity index (χ3n) is 1.68. The molecule has 0 fully saturated rings. The predicted molar refractivity (Wildman–Crippen MR) is 48.4 cm³/mol. The summed E-state index contributed by atoms with van der Waals surface area (Å²) in [5.74, 6) is 0.213. The zero-order chi connectivity index (χ0) is 9.84. The van der Waals surface area contributed by atoms with E-state index in [1.807, 2.05) is 6.92 Å². The van der Waals surface area contributed by atoms with Crippen molar-refractivity contribution in [2.75, 3.05) is 0 Å². The summed E-state index contributed by atoms with van der Waals surface area (Å²) in [4.78, 5) is 10.6. The zero-order valence-corrected chi connectivity index (χ0v) is 7.70. The van der Waals surface area contributed by atoms with Crippen molar-refractivity contribution in [1.29, 1.82) is 0 Å². The molecule has 70 valence electrons. The molecule has 0 aliphatic rings. The smallest absolute Gasteiger partial charge is 0.308 e. The van der Waals surface area contributed by atoms with Gasteiger partial charge in [-0.15, -0.1) is 0 Å². The average Bonchev–Trinajstić information content (AvgIpc) is 2.08. The molecule has 1 rings (SSSR count). The molecule has 0 saturated carbocycles. The highest BCUT2D eigenvalue weighted by atomic mass is 16.5. The van der Waals surface area contributed by atoms with Gasteiger partial charge in [0.2, 0.25) is 0 Å². The quantitative estimate of drug-likeness (QED) is 0.553. The normalized spacial score (nSPS) is 9.77. The molecule has 0 radical (unpaired) electrons. The molecular weight excluding hydrogens is 168 g/mol. The highest BCUT2D eigenvalue weighted by Gasteiger charge is 2.02. The second-order valence-electron chi connectivity index (χ2n) is 2.85. The van der Waals surface area contributed by atoms with Crippen LogP contribution in [0.3, 0.4) is 0 Å². The number of hydrogen-bond donors (Lipinski definition) is 1. The lowest BCUT2D eigenvalue weighted by Crippen LogP contribution is -2.02. The fourth-order valence-corrected chi connectivity index (χ4v) is 1.08. The van der Waals surface area contributed by atoms with Crippen molar-refractivity contribution in [1.82, 2.24) is 0 Å². The molecule has 0 bridgehead atoms. The Balaban J connectivity index is 2.91. The van der Waals surface area contributed by atoms with Crippen molar-refractivity contribution in [3.8, 4) is 5.75 Å². The second kappa shape index (κ2) is 4.05. The highest BCUT2D eigenvalue weighted by molar-refractivity contribution is 5.69. The SMILES string of the molecule is CC(=O)Oc1ccc(CO)cc1C. The van der Waals surface area contributed by atoms with Crippen molar-refractivity contribution in [2.24, 2.45) is 0 Å². The molecule has 0 aromatic heterocycles. The van der Waals surface area contributed by atoms with Crippen LogP contribution in [0.15, 0.2) is 18.2 Å². The van der Waals surface area contributed by atoms with Gasteiger partial charge >= 0.3 is 5.97 Å². The monoisotopic (exact) mass is 180 g/mol. The Morgan fingerprint density at radius 3 is 2.69 bits per heavy atom. The van der Waals surface area contributed by atoms with E-state index in [4.69, 9.17) is 9.84 Å². The predicted octanol–water partition coefficient (Wildman–Crippen LogP) is 1.41. The Kier molecular flexibility index (Phi) is 3.03. The Morgan fingerprint density at radius 2 is 2.23 bits per heavy atom. The summed E-state index contributed by atoms with van der Waals surface area (Å²) in [5.41, 5.74) is 1.66. The Morgan fingerprint density at radius 1 is 1.54 bits per heavy atom. The van der Waals surface area contributed by atoms with Gasteiger partial charge in [-0.1, -0.05) is 12.1 Å². The van der Waals surface area contributed by atoms with Gasteiger partial charge in [0, 0.05) is 6.92 Å². The number of esters is 1. The average molecular weight is 180 g/mol. The lowest BCUT2D eigenvalue weighted by molar-refractivity contribution is -0.131. The molecule has 0 unspecified atom stereocenters. The molecule has 0 aliphatic heterocycles. The van der Waals surface area contributed by atoms with Crippen molar-refractivity contribution >= 4 is 5.97 Å². The topological polar surface area (TPSA) is 46.5 Å². The maximum atomic E-state index is 10.6. The van der Waals surface area contributed by atoms with E-state index in [1.165, 1.54) is 6.92 Å². The molecule has 1 aromatic carbocycles. The number of carbonyl (C=O) groups is 1. The van der Waals surface area contributed by atoms with Gasteiger partial charge in [-0.2, -0.15) is 0 Å². The summed E-state index contributed by atoms with van der Waals surface area (Å²) >= 11 is 0. The maximum Gasteiger partial charge on any atom is 0.308 e. The second-order valence-corrected chi connectivity index (χ2v) is 2.85. The van der Waals surface area contributed by atoms with E-state index in [0.29, 0.717) is 5.75 Å². The van der Waals surface area contributed by atoms with Crippen LogP contribution in [-0.4, -0.2) is 11.1 Å². The van der Waals surface area contributed by atoms with Crippen LogP contribution in [0.1, 0.15) is 18.1 Å². The maximum absolute atomic E-state index is 10.6. The summed E-state index contributed by atoms with van der Waals surface area (Å²) < 4.78 is 4.92. The van der Waals surface area contributed by atoms with Gasteiger partial charge in [0.15, 0.2) is 0 Å².